The second kappa shape index (κ2) is 10.2. The first kappa shape index (κ1) is 20.4. The molecule has 1 aliphatic heterocycles. The number of hydrogen-bond acceptors (Lipinski definition) is 5. The van der Waals surface area contributed by atoms with E-state index in [9.17, 15) is 4.79 Å². The van der Waals surface area contributed by atoms with Gasteiger partial charge in [-0.25, -0.2) is 9.78 Å². The molecule has 1 fully saturated rings. The summed E-state index contributed by atoms with van der Waals surface area (Å²) in [6.45, 7) is 5.18. The molecule has 1 aromatic heterocycles. The van der Waals surface area contributed by atoms with Crippen LogP contribution in [0.2, 0.25) is 5.02 Å². The van der Waals surface area contributed by atoms with E-state index >= 15 is 0 Å². The molecule has 0 unspecified atom stereocenters. The molecule has 6 heteroatoms. The number of anilines is 1. The zero-order valence-electron chi connectivity index (χ0n) is 16.1. The van der Waals surface area contributed by atoms with Crippen LogP contribution in [0, 0.1) is 0 Å². The summed E-state index contributed by atoms with van der Waals surface area (Å²) < 4.78 is 4.88. The number of benzene rings is 1. The van der Waals surface area contributed by atoms with Gasteiger partial charge in [-0.1, -0.05) is 23.7 Å². The lowest BCUT2D eigenvalue weighted by molar-refractivity contribution is -0.137. The molecular formula is C22H26ClN3O2. The van der Waals surface area contributed by atoms with Gasteiger partial charge < -0.3 is 10.1 Å². The smallest absolute Gasteiger partial charge is 0.330 e. The van der Waals surface area contributed by atoms with E-state index in [4.69, 9.17) is 16.3 Å². The first-order valence-corrected chi connectivity index (χ1v) is 10.0. The molecule has 1 aliphatic rings. The molecule has 1 saturated heterocycles. The van der Waals surface area contributed by atoms with Crippen molar-refractivity contribution >= 4 is 29.5 Å². The van der Waals surface area contributed by atoms with Crippen LogP contribution in [0.4, 0.5) is 5.82 Å². The number of likely N-dealkylation sites (tertiary alicyclic amines) is 1. The van der Waals surface area contributed by atoms with Gasteiger partial charge in [0.2, 0.25) is 0 Å². The number of esters is 1. The summed E-state index contributed by atoms with van der Waals surface area (Å²) in [4.78, 5) is 18.3. The predicted molar refractivity (Wildman–Crippen MR) is 113 cm³/mol. The normalized spacial score (nSPS) is 17.6. The third kappa shape index (κ3) is 6.36. The fourth-order valence-corrected chi connectivity index (χ4v) is 3.44. The molecule has 0 amide bonds. The predicted octanol–water partition coefficient (Wildman–Crippen LogP) is 4.39. The summed E-state index contributed by atoms with van der Waals surface area (Å²) in [5.74, 6) is 0.513. The lowest BCUT2D eigenvalue weighted by Gasteiger charge is -2.33. The van der Waals surface area contributed by atoms with Gasteiger partial charge in [-0.15, -0.1) is 0 Å². The van der Waals surface area contributed by atoms with Crippen molar-refractivity contribution in [2.24, 2.45) is 0 Å². The van der Waals surface area contributed by atoms with E-state index in [1.165, 1.54) is 11.6 Å². The van der Waals surface area contributed by atoms with Gasteiger partial charge in [-0.05, 0) is 67.8 Å². The molecule has 0 bridgehead atoms. The average Bonchev–Trinajstić information content (AvgIpc) is 2.70. The fraction of sp³-hybridized carbons (Fsp3) is 0.364. The molecule has 1 aromatic carbocycles. The zero-order valence-corrected chi connectivity index (χ0v) is 16.9. The molecule has 3 rings (SSSR count). The number of piperidine rings is 1. The number of aromatic nitrogens is 1. The van der Waals surface area contributed by atoms with Crippen LogP contribution in [0.25, 0.3) is 6.08 Å². The summed E-state index contributed by atoms with van der Waals surface area (Å²) in [5, 5.41) is 4.30. The van der Waals surface area contributed by atoms with Crippen molar-refractivity contribution < 1.29 is 9.53 Å². The third-order valence-electron chi connectivity index (χ3n) is 4.66. The minimum absolute atomic E-state index is 0.340. The van der Waals surface area contributed by atoms with E-state index in [1.807, 2.05) is 24.3 Å². The molecule has 0 saturated carbocycles. The lowest BCUT2D eigenvalue weighted by Crippen LogP contribution is -2.41. The Morgan fingerprint density at radius 2 is 2.14 bits per heavy atom. The number of carbonyl (C=O) groups is 1. The number of nitrogens with one attached hydrogen (secondary N) is 1. The Bertz CT molecular complexity index is 790. The van der Waals surface area contributed by atoms with E-state index in [2.05, 4.69) is 27.3 Å². The molecule has 0 spiro atoms. The minimum atomic E-state index is -0.340. The van der Waals surface area contributed by atoms with Crippen molar-refractivity contribution in [1.29, 1.82) is 0 Å². The Kier molecular flexibility index (Phi) is 7.46. The Balaban J connectivity index is 1.51. The summed E-state index contributed by atoms with van der Waals surface area (Å²) in [6.07, 6.45) is 7.17. The van der Waals surface area contributed by atoms with Crippen LogP contribution in [0.15, 0.2) is 48.7 Å². The third-order valence-corrected chi connectivity index (χ3v) is 4.91. The molecule has 1 N–H and O–H groups in total. The van der Waals surface area contributed by atoms with Gasteiger partial charge in [0, 0.05) is 36.4 Å². The van der Waals surface area contributed by atoms with Gasteiger partial charge >= 0.3 is 5.97 Å². The van der Waals surface area contributed by atoms with Crippen LogP contribution >= 0.6 is 11.6 Å². The maximum atomic E-state index is 11.4. The van der Waals surface area contributed by atoms with Crippen LogP contribution in [0.3, 0.4) is 0 Å². The van der Waals surface area contributed by atoms with E-state index < -0.39 is 0 Å². The summed E-state index contributed by atoms with van der Waals surface area (Å²) >= 11 is 5.97. The number of pyridine rings is 1. The van der Waals surface area contributed by atoms with E-state index in [1.54, 1.807) is 19.2 Å². The number of ether oxygens (including phenoxy) is 1. The fourth-order valence-electron chi connectivity index (χ4n) is 3.32. The molecule has 1 atom stereocenters. The molecule has 0 radical (unpaired) electrons. The van der Waals surface area contributed by atoms with Gasteiger partial charge in [0.25, 0.3) is 0 Å². The van der Waals surface area contributed by atoms with Gasteiger partial charge in [0.05, 0.1) is 6.61 Å². The summed E-state index contributed by atoms with van der Waals surface area (Å²) in [6, 6.07) is 12.3. The van der Waals surface area contributed by atoms with Crippen molar-refractivity contribution in [2.45, 2.75) is 32.4 Å². The topological polar surface area (TPSA) is 54.5 Å². The molecule has 2 aromatic rings. The zero-order chi connectivity index (χ0) is 19.8. The lowest BCUT2D eigenvalue weighted by atomic mass is 10.0. The molecule has 0 aliphatic carbocycles. The number of rotatable bonds is 7. The largest absolute Gasteiger partial charge is 0.463 e. The van der Waals surface area contributed by atoms with Crippen LogP contribution < -0.4 is 5.32 Å². The van der Waals surface area contributed by atoms with Crippen molar-refractivity contribution in [3.63, 3.8) is 0 Å². The van der Waals surface area contributed by atoms with Crippen molar-refractivity contribution in [1.82, 2.24) is 9.88 Å². The van der Waals surface area contributed by atoms with Crippen LogP contribution in [-0.2, 0) is 16.1 Å². The molecule has 148 valence electrons. The van der Waals surface area contributed by atoms with E-state index in [0.717, 1.165) is 48.9 Å². The second-order valence-corrected chi connectivity index (χ2v) is 7.34. The van der Waals surface area contributed by atoms with Gasteiger partial charge in [-0.2, -0.15) is 0 Å². The molecule has 2 heterocycles. The Morgan fingerprint density at radius 3 is 2.86 bits per heavy atom. The first-order chi connectivity index (χ1) is 13.6. The highest BCUT2D eigenvalue weighted by Crippen LogP contribution is 2.18. The summed E-state index contributed by atoms with van der Waals surface area (Å²) in [7, 11) is 0. The molecular weight excluding hydrogens is 374 g/mol. The number of hydrogen-bond donors (Lipinski definition) is 1. The Morgan fingerprint density at radius 1 is 1.32 bits per heavy atom. The second-order valence-electron chi connectivity index (χ2n) is 6.91. The summed E-state index contributed by atoms with van der Waals surface area (Å²) in [5.41, 5.74) is 2.15. The molecule has 28 heavy (non-hydrogen) atoms. The highest BCUT2D eigenvalue weighted by Gasteiger charge is 2.20. The number of carbonyl (C=O) groups excluding carboxylic acids is 1. The van der Waals surface area contributed by atoms with Crippen molar-refractivity contribution in [3.05, 3.63) is 64.8 Å². The maximum absolute atomic E-state index is 11.4. The van der Waals surface area contributed by atoms with E-state index in [0.29, 0.717) is 12.6 Å². The minimum Gasteiger partial charge on any atom is -0.463 e. The van der Waals surface area contributed by atoms with Crippen LogP contribution in [-0.4, -0.2) is 41.6 Å². The Hall–Kier alpha value is -2.37. The maximum Gasteiger partial charge on any atom is 0.330 e. The number of halogens is 1. The van der Waals surface area contributed by atoms with Gasteiger partial charge in [0.15, 0.2) is 0 Å². The average molecular weight is 400 g/mol. The first-order valence-electron chi connectivity index (χ1n) is 9.66. The highest BCUT2D eigenvalue weighted by atomic mass is 35.5. The highest BCUT2D eigenvalue weighted by molar-refractivity contribution is 6.30. The SMILES string of the molecule is CCOC(=O)/C=C/c1ccc(N[C@@H]2CCCN(Cc3ccc(Cl)cc3)C2)nc1. The van der Waals surface area contributed by atoms with Crippen LogP contribution in [0.5, 0.6) is 0 Å². The molecule has 5 nitrogen and oxygen atoms in total. The standard InChI is InChI=1S/C22H26ClN3O2/c1-2-28-22(27)12-8-17-7-11-21(24-14-17)25-20-4-3-13-26(16-20)15-18-5-9-19(23)10-6-18/h5-12,14,20H,2-4,13,15-16H2,1H3,(H,24,25)/b12-8+/t20-/m1/s1. The monoisotopic (exact) mass is 399 g/mol. The quantitative estimate of drug-likeness (QED) is 0.552. The van der Waals surface area contributed by atoms with Gasteiger partial charge in [0.1, 0.15) is 5.82 Å². The van der Waals surface area contributed by atoms with Crippen LogP contribution in [0.1, 0.15) is 30.9 Å². The van der Waals surface area contributed by atoms with Gasteiger partial charge in [-0.3, -0.25) is 4.90 Å². The van der Waals surface area contributed by atoms with Crippen molar-refractivity contribution in [3.8, 4) is 0 Å². The van der Waals surface area contributed by atoms with E-state index in [-0.39, 0.29) is 5.97 Å². The Labute approximate surface area is 171 Å². The van der Waals surface area contributed by atoms with Crippen molar-refractivity contribution in [2.75, 3.05) is 25.0 Å². The number of nitrogens with zero attached hydrogens (tertiary/aromatic N) is 2.